The van der Waals surface area contributed by atoms with Gasteiger partial charge in [0.05, 0.1) is 5.56 Å². The lowest BCUT2D eigenvalue weighted by molar-refractivity contribution is -0.137. The highest BCUT2D eigenvalue weighted by molar-refractivity contribution is 5.96. The maximum atomic E-state index is 14.1. The molecule has 4 rings (SSSR count). The summed E-state index contributed by atoms with van der Waals surface area (Å²) < 4.78 is 47.9. The molecule has 0 radical (unpaired) electrons. The number of halogens is 3. The molecule has 0 saturated heterocycles. The number of fused-ring (bicyclic) bond motifs is 1. The molecule has 0 unspecified atom stereocenters. The summed E-state index contributed by atoms with van der Waals surface area (Å²) in [6.07, 6.45) is -4.46. The first-order valence-corrected chi connectivity index (χ1v) is 9.44. The van der Waals surface area contributed by atoms with Crippen LogP contribution in [0, 0.1) is 27.7 Å². The second-order valence-corrected chi connectivity index (χ2v) is 7.60. The van der Waals surface area contributed by atoms with Crippen molar-refractivity contribution in [1.82, 2.24) is 0 Å². The van der Waals surface area contributed by atoms with E-state index in [-0.39, 0.29) is 5.56 Å². The third-order valence-electron chi connectivity index (χ3n) is 5.33. The molecule has 0 atom stereocenters. The average Bonchev–Trinajstić information content (AvgIpc) is 3.03. The second-order valence-electron chi connectivity index (χ2n) is 7.60. The molecule has 0 aliphatic rings. The monoisotopic (exact) mass is 394 g/mol. The standard InChI is InChI=1S/C25H21F3O/c1-14-8-9-15(2)19(10-14)21-11-16(3)20(13-23(21)25(26,27)28)18-6-5-7-24-22(18)12-17(4)29-24/h5-13H,1-4H3. The van der Waals surface area contributed by atoms with E-state index in [0.717, 1.165) is 33.4 Å². The van der Waals surface area contributed by atoms with Gasteiger partial charge in [-0.15, -0.1) is 0 Å². The van der Waals surface area contributed by atoms with Crippen LogP contribution in [0.1, 0.15) is 28.0 Å². The lowest BCUT2D eigenvalue weighted by Crippen LogP contribution is -2.09. The minimum absolute atomic E-state index is 0.218. The number of rotatable bonds is 2. The highest BCUT2D eigenvalue weighted by Crippen LogP contribution is 2.43. The Labute approximate surface area is 167 Å². The molecule has 0 aliphatic carbocycles. The Bertz CT molecular complexity index is 1230. The van der Waals surface area contributed by atoms with Gasteiger partial charge < -0.3 is 4.42 Å². The van der Waals surface area contributed by atoms with Crippen molar-refractivity contribution in [3.63, 3.8) is 0 Å². The fourth-order valence-corrected chi connectivity index (χ4v) is 3.90. The van der Waals surface area contributed by atoms with E-state index in [1.165, 1.54) is 6.07 Å². The Morgan fingerprint density at radius 1 is 0.690 bits per heavy atom. The highest BCUT2D eigenvalue weighted by atomic mass is 19.4. The molecule has 0 amide bonds. The second kappa shape index (κ2) is 6.80. The Kier molecular flexibility index (Phi) is 4.53. The number of aryl methyl sites for hydroxylation is 4. The van der Waals surface area contributed by atoms with E-state index >= 15 is 0 Å². The highest BCUT2D eigenvalue weighted by Gasteiger charge is 2.35. The van der Waals surface area contributed by atoms with Crippen LogP contribution in [0.2, 0.25) is 0 Å². The van der Waals surface area contributed by atoms with E-state index in [0.29, 0.717) is 16.7 Å². The summed E-state index contributed by atoms with van der Waals surface area (Å²) in [4.78, 5) is 0. The quantitative estimate of drug-likeness (QED) is 0.335. The molecule has 0 aliphatic heterocycles. The van der Waals surface area contributed by atoms with Crippen molar-refractivity contribution in [2.24, 2.45) is 0 Å². The van der Waals surface area contributed by atoms with Crippen LogP contribution in [0.4, 0.5) is 13.2 Å². The minimum atomic E-state index is -4.46. The van der Waals surface area contributed by atoms with Crippen molar-refractivity contribution >= 4 is 11.0 Å². The molecule has 29 heavy (non-hydrogen) atoms. The fraction of sp³-hybridized carbons (Fsp3) is 0.200. The molecule has 148 valence electrons. The zero-order chi connectivity index (χ0) is 20.9. The number of alkyl halides is 3. The van der Waals surface area contributed by atoms with Crippen LogP contribution in [0.15, 0.2) is 59.0 Å². The molecule has 0 spiro atoms. The van der Waals surface area contributed by atoms with E-state index in [1.54, 1.807) is 6.07 Å². The molecule has 0 saturated carbocycles. The fourth-order valence-electron chi connectivity index (χ4n) is 3.90. The van der Waals surface area contributed by atoms with Crippen molar-refractivity contribution in [3.8, 4) is 22.3 Å². The SMILES string of the molecule is Cc1ccc(C)c(-c2cc(C)c(-c3cccc4oc(C)cc34)cc2C(F)(F)F)c1. The predicted octanol–water partition coefficient (Wildman–Crippen LogP) is 8.02. The zero-order valence-electron chi connectivity index (χ0n) is 16.7. The Balaban J connectivity index is 2.02. The summed E-state index contributed by atoms with van der Waals surface area (Å²) in [5.41, 5.74) is 4.74. The molecule has 1 aromatic heterocycles. The van der Waals surface area contributed by atoms with Crippen LogP contribution in [0.5, 0.6) is 0 Å². The average molecular weight is 394 g/mol. The molecule has 1 nitrogen and oxygen atoms in total. The first-order valence-electron chi connectivity index (χ1n) is 9.44. The molecule has 0 fully saturated rings. The summed E-state index contributed by atoms with van der Waals surface area (Å²) in [6.45, 7) is 7.42. The molecule has 3 aromatic carbocycles. The number of hydrogen-bond acceptors (Lipinski definition) is 1. The molecule has 4 heteroatoms. The maximum Gasteiger partial charge on any atom is 0.417 e. The van der Waals surface area contributed by atoms with Gasteiger partial charge in [0.2, 0.25) is 0 Å². The smallest absolute Gasteiger partial charge is 0.417 e. The lowest BCUT2D eigenvalue weighted by Gasteiger charge is -2.19. The lowest BCUT2D eigenvalue weighted by atomic mass is 9.88. The maximum absolute atomic E-state index is 14.1. The van der Waals surface area contributed by atoms with Gasteiger partial charge >= 0.3 is 6.18 Å². The summed E-state index contributed by atoms with van der Waals surface area (Å²) in [6, 6.07) is 15.9. The van der Waals surface area contributed by atoms with Gasteiger partial charge in [0.25, 0.3) is 0 Å². The van der Waals surface area contributed by atoms with Crippen molar-refractivity contribution < 1.29 is 17.6 Å². The van der Waals surface area contributed by atoms with Crippen molar-refractivity contribution in [3.05, 3.63) is 82.6 Å². The molecular formula is C25H21F3O. The van der Waals surface area contributed by atoms with Crippen molar-refractivity contribution in [2.45, 2.75) is 33.9 Å². The molecular weight excluding hydrogens is 373 g/mol. The normalized spacial score (nSPS) is 12.0. The van der Waals surface area contributed by atoms with Crippen molar-refractivity contribution in [2.75, 3.05) is 0 Å². The van der Waals surface area contributed by atoms with Gasteiger partial charge in [-0.3, -0.25) is 0 Å². The minimum Gasteiger partial charge on any atom is -0.461 e. The van der Waals surface area contributed by atoms with E-state index in [9.17, 15) is 13.2 Å². The van der Waals surface area contributed by atoms with Gasteiger partial charge in [0, 0.05) is 5.39 Å². The number of benzene rings is 3. The third-order valence-corrected chi connectivity index (χ3v) is 5.33. The number of hydrogen-bond donors (Lipinski definition) is 0. The van der Waals surface area contributed by atoms with Crippen LogP contribution in [0.3, 0.4) is 0 Å². The zero-order valence-corrected chi connectivity index (χ0v) is 16.7. The molecule has 0 N–H and O–H groups in total. The largest absolute Gasteiger partial charge is 0.461 e. The molecule has 1 heterocycles. The van der Waals surface area contributed by atoms with Gasteiger partial charge in [-0.05, 0) is 79.3 Å². The Hall–Kier alpha value is -3.01. The van der Waals surface area contributed by atoms with Crippen LogP contribution < -0.4 is 0 Å². The van der Waals surface area contributed by atoms with E-state index < -0.39 is 11.7 Å². The van der Waals surface area contributed by atoms with Crippen LogP contribution >= 0.6 is 0 Å². The van der Waals surface area contributed by atoms with Gasteiger partial charge in [0.1, 0.15) is 11.3 Å². The van der Waals surface area contributed by atoms with Crippen molar-refractivity contribution in [1.29, 1.82) is 0 Å². The third kappa shape index (κ3) is 3.44. The first-order chi connectivity index (χ1) is 13.6. The summed E-state index contributed by atoms with van der Waals surface area (Å²) in [7, 11) is 0. The number of furan rings is 1. The predicted molar refractivity (Wildman–Crippen MR) is 111 cm³/mol. The van der Waals surface area contributed by atoms with Crippen LogP contribution in [0.25, 0.3) is 33.2 Å². The summed E-state index contributed by atoms with van der Waals surface area (Å²) in [5.74, 6) is 0.730. The summed E-state index contributed by atoms with van der Waals surface area (Å²) >= 11 is 0. The van der Waals surface area contributed by atoms with Gasteiger partial charge in [0.15, 0.2) is 0 Å². The van der Waals surface area contributed by atoms with Gasteiger partial charge in [-0.2, -0.15) is 13.2 Å². The van der Waals surface area contributed by atoms with Gasteiger partial charge in [-0.1, -0.05) is 42.0 Å². The van der Waals surface area contributed by atoms with E-state index in [1.807, 2.05) is 70.2 Å². The van der Waals surface area contributed by atoms with Crippen LogP contribution in [-0.2, 0) is 6.18 Å². The summed E-state index contributed by atoms with van der Waals surface area (Å²) in [5, 5.41) is 0.820. The first kappa shape index (κ1) is 19.3. The Morgan fingerprint density at radius 2 is 1.41 bits per heavy atom. The topological polar surface area (TPSA) is 13.1 Å². The van der Waals surface area contributed by atoms with Crippen LogP contribution in [-0.4, -0.2) is 0 Å². The molecule has 0 bridgehead atoms. The van der Waals surface area contributed by atoms with E-state index in [4.69, 9.17) is 4.42 Å². The van der Waals surface area contributed by atoms with E-state index in [2.05, 4.69) is 0 Å². The molecule has 4 aromatic rings. The Morgan fingerprint density at radius 3 is 2.14 bits per heavy atom. The van der Waals surface area contributed by atoms with Gasteiger partial charge in [-0.25, -0.2) is 0 Å².